The first-order chi connectivity index (χ1) is 30.6. The summed E-state index contributed by atoms with van der Waals surface area (Å²) < 4.78 is 0. The quantitative estimate of drug-likeness (QED) is 0.114. The molecular formula is C60H48N2. The maximum absolute atomic E-state index is 2.33. The molecule has 0 atom stereocenters. The Labute approximate surface area is 366 Å². The lowest BCUT2D eigenvalue weighted by atomic mass is 9.99. The van der Waals surface area contributed by atoms with Crippen LogP contribution in [0.5, 0.6) is 0 Å². The Balaban J connectivity index is 0.988. The fraction of sp³-hybridized carbons (Fsp3) is 0.0333. The number of anilines is 6. The Morgan fingerprint density at radius 1 is 0.274 bits per heavy atom. The zero-order chi connectivity index (χ0) is 42.1. The Morgan fingerprint density at radius 2 is 0.516 bits per heavy atom. The van der Waals surface area contributed by atoms with Gasteiger partial charge in [0, 0.05) is 34.1 Å². The summed E-state index contributed by atoms with van der Waals surface area (Å²) in [6.07, 6.45) is 6.39. The van der Waals surface area contributed by atoms with Crippen molar-refractivity contribution in [3.05, 3.63) is 260 Å². The molecule has 9 aromatic carbocycles. The number of hydrogen-bond donors (Lipinski definition) is 0. The van der Waals surface area contributed by atoms with Crippen LogP contribution in [0.1, 0.15) is 19.4 Å². The second kappa shape index (κ2) is 18.5. The van der Waals surface area contributed by atoms with E-state index in [0.717, 1.165) is 45.3 Å². The van der Waals surface area contributed by atoms with Crippen LogP contribution < -0.4 is 9.80 Å². The largest absolute Gasteiger partial charge is 0.311 e. The molecule has 0 aliphatic heterocycles. The van der Waals surface area contributed by atoms with Gasteiger partial charge in [-0.15, -0.1) is 0 Å². The van der Waals surface area contributed by atoms with Gasteiger partial charge in [-0.25, -0.2) is 0 Å². The first-order valence-corrected chi connectivity index (χ1v) is 21.3. The molecule has 62 heavy (non-hydrogen) atoms. The van der Waals surface area contributed by atoms with Crippen LogP contribution in [0.15, 0.2) is 255 Å². The lowest BCUT2D eigenvalue weighted by Crippen LogP contribution is -2.10. The molecule has 0 aliphatic carbocycles. The van der Waals surface area contributed by atoms with Gasteiger partial charge in [-0.05, 0) is 142 Å². The summed E-state index contributed by atoms with van der Waals surface area (Å²) >= 11 is 0. The highest BCUT2D eigenvalue weighted by Crippen LogP contribution is 2.40. The maximum Gasteiger partial charge on any atom is 0.0462 e. The van der Waals surface area contributed by atoms with Gasteiger partial charge in [0.05, 0.1) is 0 Å². The van der Waals surface area contributed by atoms with Gasteiger partial charge in [0.25, 0.3) is 0 Å². The van der Waals surface area contributed by atoms with Crippen molar-refractivity contribution in [2.45, 2.75) is 13.8 Å². The molecule has 0 fully saturated rings. The smallest absolute Gasteiger partial charge is 0.0462 e. The van der Waals surface area contributed by atoms with E-state index >= 15 is 0 Å². The van der Waals surface area contributed by atoms with Crippen LogP contribution in [0.25, 0.3) is 50.1 Å². The Bertz CT molecular complexity index is 2800. The highest BCUT2D eigenvalue weighted by molar-refractivity contribution is 5.83. The third-order valence-electron chi connectivity index (χ3n) is 11.4. The van der Waals surface area contributed by atoms with E-state index in [9.17, 15) is 0 Å². The number of rotatable bonds is 12. The zero-order valence-electron chi connectivity index (χ0n) is 35.1. The van der Waals surface area contributed by atoms with Crippen molar-refractivity contribution in [3.63, 3.8) is 0 Å². The molecule has 0 unspecified atom stereocenters. The topological polar surface area (TPSA) is 6.48 Å². The molecule has 0 amide bonds. The average Bonchev–Trinajstić information content (AvgIpc) is 3.35. The molecule has 0 heterocycles. The summed E-state index contributed by atoms with van der Waals surface area (Å²) in [5.74, 6) is 0. The summed E-state index contributed by atoms with van der Waals surface area (Å²) in [7, 11) is 0. The van der Waals surface area contributed by atoms with Gasteiger partial charge in [-0.1, -0.05) is 182 Å². The second-order valence-electron chi connectivity index (χ2n) is 15.3. The Hall–Kier alpha value is -7.94. The molecule has 0 saturated carbocycles. The van der Waals surface area contributed by atoms with Gasteiger partial charge in [0.15, 0.2) is 0 Å². The minimum Gasteiger partial charge on any atom is -0.311 e. The summed E-state index contributed by atoms with van der Waals surface area (Å²) in [6.45, 7) is 4.14. The van der Waals surface area contributed by atoms with Crippen molar-refractivity contribution in [3.8, 4) is 44.5 Å². The summed E-state index contributed by atoms with van der Waals surface area (Å²) in [6, 6.07) is 84.9. The highest BCUT2D eigenvalue weighted by Gasteiger charge is 2.16. The van der Waals surface area contributed by atoms with Crippen molar-refractivity contribution in [2.75, 3.05) is 9.80 Å². The van der Waals surface area contributed by atoms with Crippen LogP contribution in [-0.2, 0) is 0 Å². The maximum atomic E-state index is 2.33. The van der Waals surface area contributed by atoms with E-state index in [2.05, 4.69) is 278 Å². The van der Waals surface area contributed by atoms with Crippen molar-refractivity contribution < 1.29 is 0 Å². The van der Waals surface area contributed by atoms with E-state index in [1.165, 1.54) is 44.5 Å². The number of allylic oxidation sites excluding steroid dienone is 4. The van der Waals surface area contributed by atoms with Crippen LogP contribution >= 0.6 is 0 Å². The molecule has 298 valence electrons. The molecule has 0 aliphatic rings. The van der Waals surface area contributed by atoms with Crippen molar-refractivity contribution in [1.82, 2.24) is 0 Å². The molecule has 9 rings (SSSR count). The van der Waals surface area contributed by atoms with Crippen LogP contribution in [-0.4, -0.2) is 0 Å². The lowest BCUT2D eigenvalue weighted by molar-refractivity contribution is 1.28. The number of nitrogens with zero attached hydrogens (tertiary/aromatic N) is 2. The highest BCUT2D eigenvalue weighted by atomic mass is 15.1. The van der Waals surface area contributed by atoms with Gasteiger partial charge in [-0.3, -0.25) is 0 Å². The normalized spacial score (nSPS) is 11.4. The lowest BCUT2D eigenvalue weighted by Gasteiger charge is -2.26. The zero-order valence-corrected chi connectivity index (χ0v) is 35.1. The Kier molecular flexibility index (Phi) is 11.8. The molecule has 2 nitrogen and oxygen atoms in total. The first-order valence-electron chi connectivity index (χ1n) is 21.3. The fourth-order valence-electron chi connectivity index (χ4n) is 8.14. The molecule has 9 aromatic rings. The standard InChI is InChI=1S/C60H48N2/c1-3-14-45(4-2)48-21-23-49(24-22-48)52-29-39-56(40-30-52)61(55-19-12-7-13-20-55)57-41-31-53(32-42-57)54-33-43-60(44-34-54)62(58-35-25-50(26-36-58)46-15-8-5-9-16-46)59-37-27-51(28-38-59)47-17-10-6-11-18-47/h3-44H,1-2H3. The molecule has 0 aromatic heterocycles. The molecule has 0 radical (unpaired) electrons. The van der Waals surface area contributed by atoms with Crippen LogP contribution in [0.3, 0.4) is 0 Å². The van der Waals surface area contributed by atoms with Crippen LogP contribution in [0.2, 0.25) is 0 Å². The number of para-hydroxylation sites is 1. The van der Waals surface area contributed by atoms with E-state index in [1.54, 1.807) is 0 Å². The molecule has 0 spiro atoms. The van der Waals surface area contributed by atoms with Crippen LogP contribution in [0, 0.1) is 0 Å². The minimum atomic E-state index is 1.09. The van der Waals surface area contributed by atoms with Crippen LogP contribution in [0.4, 0.5) is 34.1 Å². The van der Waals surface area contributed by atoms with E-state index in [1.807, 2.05) is 0 Å². The molecule has 0 saturated heterocycles. The van der Waals surface area contributed by atoms with Gasteiger partial charge in [-0.2, -0.15) is 0 Å². The van der Waals surface area contributed by atoms with E-state index < -0.39 is 0 Å². The minimum absolute atomic E-state index is 1.09. The second-order valence-corrected chi connectivity index (χ2v) is 15.3. The van der Waals surface area contributed by atoms with E-state index in [-0.39, 0.29) is 0 Å². The van der Waals surface area contributed by atoms with Crippen molar-refractivity contribution in [2.24, 2.45) is 0 Å². The predicted molar refractivity (Wildman–Crippen MR) is 266 cm³/mol. The predicted octanol–water partition coefficient (Wildman–Crippen LogP) is 17.3. The average molecular weight is 797 g/mol. The number of hydrogen-bond acceptors (Lipinski definition) is 2. The van der Waals surface area contributed by atoms with Gasteiger partial charge in [0.1, 0.15) is 0 Å². The first kappa shape index (κ1) is 39.5. The van der Waals surface area contributed by atoms with Crippen molar-refractivity contribution in [1.29, 1.82) is 0 Å². The SMILES string of the molecule is CC=CC(=CC)c1ccc(-c2ccc(N(c3ccccc3)c3ccc(-c4ccc(N(c5ccc(-c6ccccc6)cc5)c5ccc(-c6ccccc6)cc5)cc4)cc3)cc2)cc1. The Morgan fingerprint density at radius 3 is 0.790 bits per heavy atom. The summed E-state index contributed by atoms with van der Waals surface area (Å²) in [4.78, 5) is 4.65. The van der Waals surface area contributed by atoms with Crippen molar-refractivity contribution >= 4 is 39.7 Å². The third-order valence-corrected chi connectivity index (χ3v) is 11.4. The van der Waals surface area contributed by atoms with Gasteiger partial charge in [0.2, 0.25) is 0 Å². The summed E-state index contributed by atoms with van der Waals surface area (Å²) in [5, 5.41) is 0. The molecule has 0 N–H and O–H groups in total. The molecule has 0 bridgehead atoms. The van der Waals surface area contributed by atoms with Gasteiger partial charge < -0.3 is 9.80 Å². The van der Waals surface area contributed by atoms with E-state index in [4.69, 9.17) is 0 Å². The fourth-order valence-corrected chi connectivity index (χ4v) is 8.14. The monoisotopic (exact) mass is 796 g/mol. The molecular weight excluding hydrogens is 749 g/mol. The molecule has 2 heteroatoms. The third kappa shape index (κ3) is 8.68. The van der Waals surface area contributed by atoms with Gasteiger partial charge >= 0.3 is 0 Å². The summed E-state index contributed by atoms with van der Waals surface area (Å²) in [5.41, 5.74) is 18.6. The van der Waals surface area contributed by atoms with E-state index in [0.29, 0.717) is 0 Å². The number of benzene rings is 9.